The van der Waals surface area contributed by atoms with E-state index < -0.39 is 0 Å². The van der Waals surface area contributed by atoms with Gasteiger partial charge in [0.15, 0.2) is 0 Å². The van der Waals surface area contributed by atoms with E-state index in [2.05, 4.69) is 37.9 Å². The first-order chi connectivity index (χ1) is 8.53. The maximum atomic E-state index is 9.74. The van der Waals surface area contributed by atoms with E-state index in [1.54, 1.807) is 7.11 Å². The van der Waals surface area contributed by atoms with Gasteiger partial charge in [0.2, 0.25) is 0 Å². The first-order valence-electron chi connectivity index (χ1n) is 6.39. The van der Waals surface area contributed by atoms with Crippen molar-refractivity contribution >= 4 is 0 Å². The molecule has 0 fully saturated rings. The molecule has 1 rings (SSSR count). The van der Waals surface area contributed by atoms with Crippen molar-refractivity contribution in [2.45, 2.75) is 25.3 Å². The molecule has 1 aromatic rings. The summed E-state index contributed by atoms with van der Waals surface area (Å²) in [4.78, 5) is 2.23. The number of hydrogen-bond donors (Lipinski definition) is 1. The normalized spacial score (nSPS) is 16.6. The molecule has 0 aliphatic heterocycles. The van der Waals surface area contributed by atoms with E-state index in [9.17, 15) is 5.11 Å². The Morgan fingerprint density at radius 3 is 2.44 bits per heavy atom. The summed E-state index contributed by atoms with van der Waals surface area (Å²) in [6.07, 6.45) is 0. The molecule has 0 aromatic heterocycles. The lowest BCUT2D eigenvalue weighted by Gasteiger charge is -2.35. The van der Waals surface area contributed by atoms with Crippen molar-refractivity contribution in [1.82, 2.24) is 4.90 Å². The second-order valence-electron chi connectivity index (χ2n) is 5.30. The predicted octanol–water partition coefficient (Wildman–Crippen LogP) is 1.90. The lowest BCUT2D eigenvalue weighted by molar-refractivity contribution is 0.0862. The van der Waals surface area contributed by atoms with Crippen LogP contribution in [0, 0.1) is 0 Å². The predicted molar refractivity (Wildman–Crippen MR) is 74.8 cm³/mol. The molecular weight excluding hydrogens is 226 g/mol. The molecule has 0 spiro atoms. The van der Waals surface area contributed by atoms with Gasteiger partial charge >= 0.3 is 0 Å². The number of methoxy groups -OCH3 is 1. The SMILES string of the molecule is COCC(C)N(C)CC(C)(CO)c1ccccc1. The molecule has 1 N–H and O–H groups in total. The molecule has 0 heterocycles. The van der Waals surface area contributed by atoms with Crippen LogP contribution in [0.15, 0.2) is 30.3 Å². The number of benzene rings is 1. The Morgan fingerprint density at radius 1 is 1.33 bits per heavy atom. The molecule has 102 valence electrons. The van der Waals surface area contributed by atoms with Gasteiger partial charge < -0.3 is 14.7 Å². The average Bonchev–Trinajstić information content (AvgIpc) is 2.39. The molecule has 1 aromatic carbocycles. The summed E-state index contributed by atoms with van der Waals surface area (Å²) in [5.41, 5.74) is 0.932. The zero-order valence-electron chi connectivity index (χ0n) is 11.9. The smallest absolute Gasteiger partial charge is 0.0615 e. The highest BCUT2D eigenvalue weighted by atomic mass is 16.5. The minimum absolute atomic E-state index is 0.140. The van der Waals surface area contributed by atoms with Crippen molar-refractivity contribution in [3.63, 3.8) is 0 Å². The summed E-state index contributed by atoms with van der Waals surface area (Å²) >= 11 is 0. The first kappa shape index (κ1) is 15.2. The topological polar surface area (TPSA) is 32.7 Å². The molecule has 0 aliphatic rings. The van der Waals surface area contributed by atoms with E-state index in [4.69, 9.17) is 4.74 Å². The molecule has 0 saturated carbocycles. The van der Waals surface area contributed by atoms with Crippen molar-refractivity contribution in [2.75, 3.05) is 33.9 Å². The van der Waals surface area contributed by atoms with Crippen LogP contribution in [0.2, 0.25) is 0 Å². The third-order valence-corrected chi connectivity index (χ3v) is 3.58. The van der Waals surface area contributed by atoms with E-state index in [-0.39, 0.29) is 12.0 Å². The molecule has 0 amide bonds. The summed E-state index contributed by atoms with van der Waals surface area (Å²) in [5, 5.41) is 9.74. The van der Waals surface area contributed by atoms with Crippen molar-refractivity contribution in [3.8, 4) is 0 Å². The summed E-state index contributed by atoms with van der Waals surface area (Å²) < 4.78 is 5.17. The van der Waals surface area contributed by atoms with Crippen LogP contribution in [0.5, 0.6) is 0 Å². The van der Waals surface area contributed by atoms with Gasteiger partial charge in [-0.25, -0.2) is 0 Å². The highest BCUT2D eigenvalue weighted by Gasteiger charge is 2.28. The summed E-state index contributed by atoms with van der Waals surface area (Å²) in [6, 6.07) is 10.5. The van der Waals surface area contributed by atoms with Gasteiger partial charge in [-0.05, 0) is 19.5 Å². The van der Waals surface area contributed by atoms with Gasteiger partial charge in [0.1, 0.15) is 0 Å². The van der Waals surface area contributed by atoms with E-state index in [1.807, 2.05) is 18.2 Å². The molecule has 0 radical (unpaired) electrons. The molecule has 0 saturated heterocycles. The van der Waals surface area contributed by atoms with Gasteiger partial charge in [-0.1, -0.05) is 37.3 Å². The van der Waals surface area contributed by atoms with E-state index >= 15 is 0 Å². The van der Waals surface area contributed by atoms with E-state index in [0.29, 0.717) is 12.6 Å². The molecule has 0 bridgehead atoms. The summed E-state index contributed by atoms with van der Waals surface area (Å²) in [5.74, 6) is 0. The highest BCUT2D eigenvalue weighted by molar-refractivity contribution is 5.25. The number of aliphatic hydroxyl groups excluding tert-OH is 1. The molecule has 0 aliphatic carbocycles. The van der Waals surface area contributed by atoms with Crippen molar-refractivity contribution in [2.24, 2.45) is 0 Å². The van der Waals surface area contributed by atoms with Crippen molar-refractivity contribution < 1.29 is 9.84 Å². The molecule has 3 heteroatoms. The Kier molecular flexibility index (Phi) is 5.79. The fourth-order valence-corrected chi connectivity index (χ4v) is 2.15. The van der Waals surface area contributed by atoms with Crippen LogP contribution in [0.3, 0.4) is 0 Å². The van der Waals surface area contributed by atoms with Crippen LogP contribution in [0.25, 0.3) is 0 Å². The lowest BCUT2D eigenvalue weighted by Crippen LogP contribution is -2.44. The third kappa shape index (κ3) is 3.80. The van der Waals surface area contributed by atoms with Gasteiger partial charge in [-0.2, -0.15) is 0 Å². The second kappa shape index (κ2) is 6.88. The molecule has 18 heavy (non-hydrogen) atoms. The van der Waals surface area contributed by atoms with Gasteiger partial charge in [-0.3, -0.25) is 0 Å². The summed E-state index contributed by atoms with van der Waals surface area (Å²) in [6.45, 7) is 5.87. The van der Waals surface area contributed by atoms with Crippen molar-refractivity contribution in [3.05, 3.63) is 35.9 Å². The van der Waals surface area contributed by atoms with Crippen LogP contribution in [-0.4, -0.2) is 50.0 Å². The lowest BCUT2D eigenvalue weighted by atomic mass is 9.82. The monoisotopic (exact) mass is 251 g/mol. The van der Waals surface area contributed by atoms with E-state index in [1.165, 1.54) is 5.56 Å². The fourth-order valence-electron chi connectivity index (χ4n) is 2.15. The largest absolute Gasteiger partial charge is 0.395 e. The summed E-state index contributed by atoms with van der Waals surface area (Å²) in [7, 11) is 3.79. The maximum absolute atomic E-state index is 9.74. The maximum Gasteiger partial charge on any atom is 0.0615 e. The second-order valence-corrected chi connectivity index (χ2v) is 5.30. The molecule has 3 nitrogen and oxygen atoms in total. The highest BCUT2D eigenvalue weighted by Crippen LogP contribution is 2.24. The Morgan fingerprint density at radius 2 is 1.94 bits per heavy atom. The number of rotatable bonds is 7. The number of ether oxygens (including phenoxy) is 1. The van der Waals surface area contributed by atoms with Gasteiger partial charge in [0.25, 0.3) is 0 Å². The van der Waals surface area contributed by atoms with Crippen LogP contribution in [0.1, 0.15) is 19.4 Å². The number of nitrogens with zero attached hydrogens (tertiary/aromatic N) is 1. The zero-order valence-corrected chi connectivity index (χ0v) is 11.9. The van der Waals surface area contributed by atoms with Crippen LogP contribution in [-0.2, 0) is 10.2 Å². The standard InChI is InChI=1S/C15H25NO2/c1-13(10-18-4)16(3)11-15(2,12-17)14-8-6-5-7-9-14/h5-9,13,17H,10-12H2,1-4H3. The number of likely N-dealkylation sites (N-methyl/N-ethyl adjacent to an activating group) is 1. The minimum atomic E-state index is -0.238. The molecule has 2 atom stereocenters. The minimum Gasteiger partial charge on any atom is -0.395 e. The van der Waals surface area contributed by atoms with Crippen molar-refractivity contribution in [1.29, 1.82) is 0 Å². The van der Waals surface area contributed by atoms with E-state index in [0.717, 1.165) is 6.54 Å². The third-order valence-electron chi connectivity index (χ3n) is 3.58. The zero-order chi connectivity index (χ0) is 13.6. The van der Waals surface area contributed by atoms with Gasteiger partial charge in [0.05, 0.1) is 13.2 Å². The molecule has 2 unspecified atom stereocenters. The van der Waals surface area contributed by atoms with Crippen LogP contribution in [0.4, 0.5) is 0 Å². The Hall–Kier alpha value is -0.900. The van der Waals surface area contributed by atoms with Crippen LogP contribution < -0.4 is 0 Å². The Labute approximate surface area is 110 Å². The Bertz CT molecular complexity index is 342. The first-order valence-corrected chi connectivity index (χ1v) is 6.39. The van der Waals surface area contributed by atoms with Gasteiger partial charge in [0, 0.05) is 25.1 Å². The number of aliphatic hydroxyl groups is 1. The van der Waals surface area contributed by atoms with Crippen LogP contribution >= 0.6 is 0 Å². The Balaban J connectivity index is 2.77. The number of hydrogen-bond acceptors (Lipinski definition) is 3. The van der Waals surface area contributed by atoms with Gasteiger partial charge in [-0.15, -0.1) is 0 Å². The fraction of sp³-hybridized carbons (Fsp3) is 0.600. The average molecular weight is 251 g/mol. The quantitative estimate of drug-likeness (QED) is 0.803. The molecular formula is C15H25NO2.